The van der Waals surface area contributed by atoms with E-state index in [9.17, 15) is 4.39 Å². The average Bonchev–Trinajstić information content (AvgIpc) is 2.75. The van der Waals surface area contributed by atoms with E-state index in [4.69, 9.17) is 4.74 Å². The highest BCUT2D eigenvalue weighted by Crippen LogP contribution is 2.06. The molecule has 0 spiro atoms. The first-order valence-electron chi connectivity index (χ1n) is 6.13. The topological polar surface area (TPSA) is 54.7 Å². The van der Waals surface area contributed by atoms with Gasteiger partial charge in [0.1, 0.15) is 5.82 Å². The summed E-state index contributed by atoms with van der Waals surface area (Å²) in [7, 11) is 4.00. The van der Waals surface area contributed by atoms with E-state index in [1.807, 2.05) is 14.1 Å². The fourth-order valence-electron chi connectivity index (χ4n) is 1.52. The molecule has 0 radical (unpaired) electrons. The summed E-state index contributed by atoms with van der Waals surface area (Å²) in [5.41, 5.74) is 0.609. The van der Waals surface area contributed by atoms with Crippen LogP contribution in [0.2, 0.25) is 0 Å². The summed E-state index contributed by atoms with van der Waals surface area (Å²) in [6, 6.07) is 2.94. The van der Waals surface area contributed by atoms with Crippen LogP contribution in [-0.4, -0.2) is 59.9 Å². The third-order valence-corrected chi connectivity index (χ3v) is 2.51. The minimum Gasteiger partial charge on any atom is -0.378 e. The summed E-state index contributed by atoms with van der Waals surface area (Å²) in [6.07, 6.45) is 1.29. The van der Waals surface area contributed by atoms with Gasteiger partial charge in [0.2, 0.25) is 5.95 Å². The molecule has 19 heavy (non-hydrogen) atoms. The van der Waals surface area contributed by atoms with Gasteiger partial charge in [-0.2, -0.15) is 4.98 Å². The third kappa shape index (κ3) is 4.15. The maximum atomic E-state index is 13.0. The maximum absolute atomic E-state index is 13.0. The Morgan fingerprint density at radius 2 is 2.21 bits per heavy atom. The van der Waals surface area contributed by atoms with Crippen LogP contribution in [0.3, 0.4) is 0 Å². The minimum atomic E-state index is -0.337. The molecule has 2 rings (SSSR count). The number of ether oxygens (including phenoxy) is 1. The number of nitrogens with one attached hydrogen (secondary N) is 1. The first kappa shape index (κ1) is 13.7. The van der Waals surface area contributed by atoms with Crippen LogP contribution in [-0.2, 0) is 4.74 Å². The van der Waals surface area contributed by atoms with Gasteiger partial charge < -0.3 is 15.0 Å². The minimum absolute atomic E-state index is 0.337. The highest BCUT2D eigenvalue weighted by molar-refractivity contribution is 5.42. The zero-order valence-corrected chi connectivity index (χ0v) is 11.1. The Bertz CT molecular complexity index is 528. The molecule has 104 valence electrons. The predicted molar refractivity (Wildman–Crippen MR) is 70.8 cm³/mol. The molecule has 0 saturated carbocycles. The van der Waals surface area contributed by atoms with E-state index in [1.54, 1.807) is 6.07 Å². The Balaban J connectivity index is 1.75. The molecule has 0 aliphatic heterocycles. The fourth-order valence-corrected chi connectivity index (χ4v) is 1.52. The van der Waals surface area contributed by atoms with E-state index in [0.717, 1.165) is 6.54 Å². The van der Waals surface area contributed by atoms with E-state index >= 15 is 0 Å². The Morgan fingerprint density at radius 3 is 3.00 bits per heavy atom. The number of pyridine rings is 1. The van der Waals surface area contributed by atoms with Crippen LogP contribution in [0.25, 0.3) is 5.65 Å². The van der Waals surface area contributed by atoms with Gasteiger partial charge in [0, 0.05) is 13.1 Å². The van der Waals surface area contributed by atoms with Crippen molar-refractivity contribution in [3.8, 4) is 0 Å². The fraction of sp³-hybridized carbons (Fsp3) is 0.500. The average molecular weight is 267 g/mol. The van der Waals surface area contributed by atoms with E-state index in [-0.39, 0.29) is 5.82 Å². The normalized spacial score (nSPS) is 11.4. The molecule has 2 heterocycles. The van der Waals surface area contributed by atoms with E-state index in [0.29, 0.717) is 31.4 Å². The molecule has 0 aliphatic rings. The molecule has 2 aromatic heterocycles. The van der Waals surface area contributed by atoms with E-state index < -0.39 is 0 Å². The molecule has 0 fully saturated rings. The zero-order chi connectivity index (χ0) is 13.7. The van der Waals surface area contributed by atoms with Gasteiger partial charge in [-0.25, -0.2) is 8.91 Å². The summed E-state index contributed by atoms with van der Waals surface area (Å²) in [5, 5.41) is 7.15. The number of fused-ring (bicyclic) bond motifs is 1. The first-order valence-corrected chi connectivity index (χ1v) is 6.13. The van der Waals surface area contributed by atoms with Crippen LogP contribution in [0.15, 0.2) is 18.3 Å². The molecule has 6 nitrogen and oxygen atoms in total. The molecule has 0 amide bonds. The zero-order valence-electron chi connectivity index (χ0n) is 11.1. The molecule has 0 atom stereocenters. The lowest BCUT2D eigenvalue weighted by Crippen LogP contribution is -2.20. The number of hydrogen-bond donors (Lipinski definition) is 1. The van der Waals surface area contributed by atoms with Crippen molar-refractivity contribution >= 4 is 11.6 Å². The second-order valence-corrected chi connectivity index (χ2v) is 4.43. The van der Waals surface area contributed by atoms with Crippen molar-refractivity contribution in [1.29, 1.82) is 0 Å². The second-order valence-electron chi connectivity index (χ2n) is 4.43. The first-order chi connectivity index (χ1) is 9.15. The number of halogens is 1. The largest absolute Gasteiger partial charge is 0.378 e. The van der Waals surface area contributed by atoms with Gasteiger partial charge in [-0.15, -0.1) is 5.10 Å². The molecule has 0 bridgehead atoms. The van der Waals surface area contributed by atoms with Crippen molar-refractivity contribution in [3.63, 3.8) is 0 Å². The van der Waals surface area contributed by atoms with Crippen LogP contribution < -0.4 is 5.32 Å². The maximum Gasteiger partial charge on any atom is 0.243 e. The van der Waals surface area contributed by atoms with Gasteiger partial charge in [0.25, 0.3) is 0 Å². The Labute approximate surface area is 111 Å². The Hall–Kier alpha value is -1.73. The molecular formula is C12H18FN5O. The highest BCUT2D eigenvalue weighted by atomic mass is 19.1. The van der Waals surface area contributed by atoms with Crippen LogP contribution in [0.5, 0.6) is 0 Å². The van der Waals surface area contributed by atoms with Crippen molar-refractivity contribution in [3.05, 3.63) is 24.1 Å². The van der Waals surface area contributed by atoms with Crippen LogP contribution in [0.1, 0.15) is 0 Å². The summed E-state index contributed by atoms with van der Waals surface area (Å²) in [6.45, 7) is 2.79. The van der Waals surface area contributed by atoms with Crippen molar-refractivity contribution in [2.75, 3.05) is 45.7 Å². The standard InChI is InChI=1S/C12H18FN5O/c1-17(2)6-8-19-7-5-14-12-15-11-4-3-10(13)9-18(11)16-12/h3-4,9H,5-8H2,1-2H3,(H,14,16). The van der Waals surface area contributed by atoms with Crippen molar-refractivity contribution < 1.29 is 9.13 Å². The van der Waals surface area contributed by atoms with E-state index in [1.165, 1.54) is 16.8 Å². The van der Waals surface area contributed by atoms with Gasteiger partial charge in [-0.3, -0.25) is 0 Å². The number of aromatic nitrogens is 3. The quantitative estimate of drug-likeness (QED) is 0.754. The van der Waals surface area contributed by atoms with Crippen LogP contribution in [0.4, 0.5) is 10.3 Å². The summed E-state index contributed by atoms with van der Waals surface area (Å²) in [4.78, 5) is 6.27. The molecule has 0 saturated heterocycles. The smallest absolute Gasteiger partial charge is 0.243 e. The molecule has 7 heteroatoms. The number of likely N-dealkylation sites (N-methyl/N-ethyl adjacent to an activating group) is 1. The Morgan fingerprint density at radius 1 is 1.37 bits per heavy atom. The highest BCUT2D eigenvalue weighted by Gasteiger charge is 2.03. The summed E-state index contributed by atoms with van der Waals surface area (Å²) < 4.78 is 19.8. The monoisotopic (exact) mass is 267 g/mol. The van der Waals surface area contributed by atoms with Crippen molar-refractivity contribution in [1.82, 2.24) is 19.5 Å². The van der Waals surface area contributed by atoms with Crippen molar-refractivity contribution in [2.45, 2.75) is 0 Å². The van der Waals surface area contributed by atoms with Crippen LogP contribution >= 0.6 is 0 Å². The third-order valence-electron chi connectivity index (χ3n) is 2.51. The summed E-state index contributed by atoms with van der Waals surface area (Å²) >= 11 is 0. The predicted octanol–water partition coefficient (Wildman–Crippen LogP) is 0.858. The Kier molecular flexibility index (Phi) is 4.64. The molecule has 2 aromatic rings. The summed E-state index contributed by atoms with van der Waals surface area (Å²) in [5.74, 6) is 0.137. The number of hydrogen-bond acceptors (Lipinski definition) is 5. The van der Waals surface area contributed by atoms with Crippen molar-refractivity contribution in [2.24, 2.45) is 0 Å². The number of rotatable bonds is 7. The SMILES string of the molecule is CN(C)CCOCCNc1nc2ccc(F)cn2n1. The second kappa shape index (κ2) is 6.44. The number of anilines is 1. The molecular weight excluding hydrogens is 249 g/mol. The lowest BCUT2D eigenvalue weighted by molar-refractivity contribution is 0.126. The lowest BCUT2D eigenvalue weighted by Gasteiger charge is -2.09. The van der Waals surface area contributed by atoms with Gasteiger partial charge >= 0.3 is 0 Å². The molecule has 0 aliphatic carbocycles. The van der Waals surface area contributed by atoms with Gasteiger partial charge in [-0.05, 0) is 26.2 Å². The van der Waals surface area contributed by atoms with Gasteiger partial charge in [0.05, 0.1) is 19.4 Å². The van der Waals surface area contributed by atoms with E-state index in [2.05, 4.69) is 20.3 Å². The van der Waals surface area contributed by atoms with Crippen LogP contribution in [0, 0.1) is 5.82 Å². The van der Waals surface area contributed by atoms with Gasteiger partial charge in [-0.1, -0.05) is 0 Å². The molecule has 1 N–H and O–H groups in total. The lowest BCUT2D eigenvalue weighted by atomic mass is 10.5. The van der Waals surface area contributed by atoms with Gasteiger partial charge in [0.15, 0.2) is 5.65 Å². The molecule has 0 aromatic carbocycles. The number of nitrogens with zero attached hydrogens (tertiary/aromatic N) is 4. The molecule has 0 unspecified atom stereocenters.